The number of anilines is 1. The summed E-state index contributed by atoms with van der Waals surface area (Å²) in [5.41, 5.74) is 8.37. The van der Waals surface area contributed by atoms with Gasteiger partial charge in [-0.3, -0.25) is 4.57 Å². The van der Waals surface area contributed by atoms with Crippen molar-refractivity contribution in [3.8, 4) is 23.3 Å². The van der Waals surface area contributed by atoms with Crippen LogP contribution in [0.2, 0.25) is 0 Å². The molecule has 7 heteroatoms. The van der Waals surface area contributed by atoms with Gasteiger partial charge >= 0.3 is 6.29 Å². The molecule has 0 saturated carbocycles. The van der Waals surface area contributed by atoms with E-state index in [1.54, 1.807) is 24.5 Å². The van der Waals surface area contributed by atoms with E-state index >= 15 is 0 Å². The maximum absolute atomic E-state index is 13.0. The Kier molecular flexibility index (Phi) is 2.60. The molecule has 0 bridgehead atoms. The summed E-state index contributed by atoms with van der Waals surface area (Å²) in [5, 5.41) is 9.12. The van der Waals surface area contributed by atoms with E-state index in [2.05, 4.69) is 9.47 Å². The van der Waals surface area contributed by atoms with Crippen LogP contribution >= 0.6 is 0 Å². The summed E-state index contributed by atoms with van der Waals surface area (Å²) in [6.07, 6.45) is -3.66. The van der Waals surface area contributed by atoms with Gasteiger partial charge in [0.1, 0.15) is 11.9 Å². The third-order valence-corrected chi connectivity index (χ3v) is 3.51. The maximum Gasteiger partial charge on any atom is 0.586 e. The summed E-state index contributed by atoms with van der Waals surface area (Å²) in [6, 6.07) is 6.40. The summed E-state index contributed by atoms with van der Waals surface area (Å²) in [4.78, 5) is 0. The number of rotatable bonds is 1. The highest BCUT2D eigenvalue weighted by Gasteiger charge is 2.43. The van der Waals surface area contributed by atoms with Gasteiger partial charge in [-0.15, -0.1) is 8.78 Å². The van der Waals surface area contributed by atoms with Crippen molar-refractivity contribution in [3.05, 3.63) is 35.0 Å². The lowest BCUT2D eigenvalue weighted by molar-refractivity contribution is -0.286. The van der Waals surface area contributed by atoms with E-state index in [4.69, 9.17) is 11.0 Å². The van der Waals surface area contributed by atoms with Crippen LogP contribution in [0.25, 0.3) is 5.69 Å². The average Bonchev–Trinajstić information content (AvgIpc) is 2.82. The molecular weight excluding hydrogens is 280 g/mol. The van der Waals surface area contributed by atoms with Crippen LogP contribution in [0.1, 0.15) is 16.8 Å². The normalized spacial score (nSPS) is 15.0. The van der Waals surface area contributed by atoms with Crippen LogP contribution in [0.15, 0.2) is 18.2 Å². The summed E-state index contributed by atoms with van der Waals surface area (Å²) in [6.45, 7) is 3.58. The molecule has 108 valence electrons. The molecule has 21 heavy (non-hydrogen) atoms. The number of alkyl halides is 2. The first-order valence-electron chi connectivity index (χ1n) is 6.12. The van der Waals surface area contributed by atoms with Crippen molar-refractivity contribution in [2.24, 2.45) is 0 Å². The molecule has 2 heterocycles. The zero-order valence-electron chi connectivity index (χ0n) is 11.3. The number of halogens is 2. The highest BCUT2D eigenvalue weighted by Crippen LogP contribution is 2.42. The van der Waals surface area contributed by atoms with Crippen molar-refractivity contribution in [2.45, 2.75) is 20.1 Å². The average molecular weight is 291 g/mol. The molecule has 0 spiro atoms. The minimum atomic E-state index is -3.66. The van der Waals surface area contributed by atoms with Crippen molar-refractivity contribution in [3.63, 3.8) is 0 Å². The number of ether oxygens (including phenoxy) is 2. The highest BCUT2D eigenvalue weighted by molar-refractivity contribution is 5.63. The number of nitrogen functional groups attached to an aromatic ring is 1. The van der Waals surface area contributed by atoms with E-state index in [1.807, 2.05) is 6.07 Å². The van der Waals surface area contributed by atoms with Crippen LogP contribution < -0.4 is 15.2 Å². The number of nitriles is 1. The highest BCUT2D eigenvalue weighted by atomic mass is 19.3. The van der Waals surface area contributed by atoms with Crippen molar-refractivity contribution < 1.29 is 18.3 Å². The Labute approximate surface area is 119 Å². The van der Waals surface area contributed by atoms with E-state index in [1.165, 1.54) is 12.1 Å². The first kappa shape index (κ1) is 13.2. The quantitative estimate of drug-likeness (QED) is 0.876. The SMILES string of the molecule is Cc1c(C#N)c(N)n(-c2ccc3c(c2)OC(F)(F)O3)c1C. The fourth-order valence-electron chi connectivity index (χ4n) is 2.38. The van der Waals surface area contributed by atoms with Gasteiger partial charge in [0, 0.05) is 11.8 Å². The zero-order valence-corrected chi connectivity index (χ0v) is 11.3. The van der Waals surface area contributed by atoms with Gasteiger partial charge in [0.25, 0.3) is 0 Å². The number of benzene rings is 1. The maximum atomic E-state index is 13.0. The zero-order chi connectivity index (χ0) is 15.4. The van der Waals surface area contributed by atoms with Gasteiger partial charge in [0.05, 0.1) is 11.3 Å². The topological polar surface area (TPSA) is 73.2 Å². The second-order valence-corrected chi connectivity index (χ2v) is 4.72. The Balaban J connectivity index is 2.15. The molecule has 1 aliphatic rings. The molecule has 2 N–H and O–H groups in total. The third kappa shape index (κ3) is 1.88. The number of hydrogen-bond acceptors (Lipinski definition) is 4. The molecule has 0 unspecified atom stereocenters. The lowest BCUT2D eigenvalue weighted by Gasteiger charge is -2.09. The molecular formula is C14H11F2N3O2. The Morgan fingerprint density at radius 2 is 1.90 bits per heavy atom. The van der Waals surface area contributed by atoms with Crippen molar-refractivity contribution in [1.29, 1.82) is 5.26 Å². The molecule has 1 aromatic carbocycles. The Morgan fingerprint density at radius 3 is 2.52 bits per heavy atom. The standard InChI is InChI=1S/C14H11F2N3O2/c1-7-8(2)19(13(18)10(7)6-17)9-3-4-11-12(5-9)21-14(15,16)20-11/h3-5H,18H2,1-2H3. The molecule has 0 atom stereocenters. The molecule has 5 nitrogen and oxygen atoms in total. The van der Waals surface area contributed by atoms with Crippen LogP contribution in [-0.4, -0.2) is 10.9 Å². The fourth-order valence-corrected chi connectivity index (χ4v) is 2.38. The molecule has 1 aromatic heterocycles. The molecule has 0 amide bonds. The molecule has 2 aromatic rings. The van der Waals surface area contributed by atoms with Gasteiger partial charge in [-0.05, 0) is 31.5 Å². The Morgan fingerprint density at radius 1 is 1.24 bits per heavy atom. The van der Waals surface area contributed by atoms with Crippen molar-refractivity contribution in [1.82, 2.24) is 4.57 Å². The summed E-state index contributed by atoms with van der Waals surface area (Å²) in [5.74, 6) is 0.156. The third-order valence-electron chi connectivity index (χ3n) is 3.51. The summed E-state index contributed by atoms with van der Waals surface area (Å²) < 4.78 is 36.5. The molecule has 0 saturated heterocycles. The number of aromatic nitrogens is 1. The van der Waals surface area contributed by atoms with Gasteiger partial charge in [-0.2, -0.15) is 5.26 Å². The van der Waals surface area contributed by atoms with E-state index in [0.29, 0.717) is 11.3 Å². The number of fused-ring (bicyclic) bond motifs is 1. The second-order valence-electron chi connectivity index (χ2n) is 4.72. The molecule has 3 rings (SSSR count). The molecule has 0 aliphatic carbocycles. The smallest absolute Gasteiger partial charge is 0.395 e. The molecule has 1 aliphatic heterocycles. The lowest BCUT2D eigenvalue weighted by atomic mass is 10.2. The predicted molar refractivity (Wildman–Crippen MR) is 70.6 cm³/mol. The van der Waals surface area contributed by atoms with E-state index in [-0.39, 0.29) is 17.3 Å². The predicted octanol–water partition coefficient (Wildman–Crippen LogP) is 2.87. The van der Waals surface area contributed by atoms with Crippen LogP contribution in [0.5, 0.6) is 11.5 Å². The van der Waals surface area contributed by atoms with Gasteiger partial charge < -0.3 is 15.2 Å². The Hall–Kier alpha value is -2.75. The number of nitrogens with two attached hydrogens (primary N) is 1. The van der Waals surface area contributed by atoms with E-state index < -0.39 is 6.29 Å². The van der Waals surface area contributed by atoms with Crippen LogP contribution in [0.3, 0.4) is 0 Å². The minimum Gasteiger partial charge on any atom is -0.395 e. The van der Waals surface area contributed by atoms with Gasteiger partial charge in [-0.1, -0.05) is 0 Å². The van der Waals surface area contributed by atoms with Crippen LogP contribution in [0.4, 0.5) is 14.6 Å². The summed E-state index contributed by atoms with van der Waals surface area (Å²) in [7, 11) is 0. The minimum absolute atomic E-state index is 0.0376. The first-order valence-corrected chi connectivity index (χ1v) is 6.12. The summed E-state index contributed by atoms with van der Waals surface area (Å²) >= 11 is 0. The van der Waals surface area contributed by atoms with Crippen molar-refractivity contribution >= 4 is 5.82 Å². The lowest BCUT2D eigenvalue weighted by Crippen LogP contribution is -2.25. The van der Waals surface area contributed by atoms with Gasteiger partial charge in [-0.25, -0.2) is 0 Å². The Bertz CT molecular complexity index is 790. The monoisotopic (exact) mass is 291 g/mol. The number of nitrogens with zero attached hydrogens (tertiary/aromatic N) is 2. The van der Waals surface area contributed by atoms with Crippen LogP contribution in [0, 0.1) is 25.2 Å². The largest absolute Gasteiger partial charge is 0.586 e. The second kappa shape index (κ2) is 4.12. The number of hydrogen-bond donors (Lipinski definition) is 1. The molecule has 0 fully saturated rings. The van der Waals surface area contributed by atoms with E-state index in [0.717, 1.165) is 11.3 Å². The first-order chi connectivity index (χ1) is 9.84. The van der Waals surface area contributed by atoms with E-state index in [9.17, 15) is 8.78 Å². The van der Waals surface area contributed by atoms with Crippen molar-refractivity contribution in [2.75, 3.05) is 5.73 Å². The van der Waals surface area contributed by atoms with Crippen LogP contribution in [-0.2, 0) is 0 Å². The molecule has 0 radical (unpaired) electrons. The fraction of sp³-hybridized carbons (Fsp3) is 0.214. The van der Waals surface area contributed by atoms with Gasteiger partial charge in [0.2, 0.25) is 0 Å². The van der Waals surface area contributed by atoms with Gasteiger partial charge in [0.15, 0.2) is 11.5 Å².